The van der Waals surface area contributed by atoms with Gasteiger partial charge in [-0.05, 0) is 53.4 Å². The normalized spacial score (nSPS) is 29.6. The molecule has 1 aliphatic carbocycles. The number of rotatable bonds is 9. The molecular formula is C20H37NO7. The summed E-state index contributed by atoms with van der Waals surface area (Å²) in [5, 5.41) is 30.7. The van der Waals surface area contributed by atoms with Gasteiger partial charge in [0.25, 0.3) is 0 Å². The Labute approximate surface area is 167 Å². The molecule has 8 nitrogen and oxygen atoms in total. The van der Waals surface area contributed by atoms with Crippen LogP contribution in [0.3, 0.4) is 0 Å². The lowest BCUT2D eigenvalue weighted by Gasteiger charge is -2.44. The summed E-state index contributed by atoms with van der Waals surface area (Å²) in [6, 6.07) is -0.692. The van der Waals surface area contributed by atoms with Crippen molar-refractivity contribution in [3.8, 4) is 0 Å². The summed E-state index contributed by atoms with van der Waals surface area (Å²) in [5.74, 6) is -2.70. The van der Waals surface area contributed by atoms with Crippen LogP contribution in [0.4, 0.5) is 0 Å². The summed E-state index contributed by atoms with van der Waals surface area (Å²) in [7, 11) is 0. The van der Waals surface area contributed by atoms with Gasteiger partial charge in [-0.2, -0.15) is 0 Å². The van der Waals surface area contributed by atoms with Gasteiger partial charge in [0.15, 0.2) is 0 Å². The number of esters is 2. The van der Waals surface area contributed by atoms with Crippen molar-refractivity contribution in [2.75, 3.05) is 0 Å². The van der Waals surface area contributed by atoms with Gasteiger partial charge in [-0.15, -0.1) is 0 Å². The van der Waals surface area contributed by atoms with Crippen molar-refractivity contribution < 1.29 is 34.4 Å². The van der Waals surface area contributed by atoms with E-state index in [9.17, 15) is 24.9 Å². The highest BCUT2D eigenvalue weighted by atomic mass is 16.6. The minimum Gasteiger partial charge on any atom is -0.462 e. The second-order valence-electron chi connectivity index (χ2n) is 7.84. The average molecular weight is 404 g/mol. The van der Waals surface area contributed by atoms with Crippen molar-refractivity contribution >= 4 is 11.9 Å². The maximum atomic E-state index is 12.8. The predicted molar refractivity (Wildman–Crippen MR) is 103 cm³/mol. The third-order valence-electron chi connectivity index (χ3n) is 5.56. The standard InChI is InChI=1S/C20H37NO7/c1-7-11(3)27-19(25)15-9-17(21(13(5)22)14(6)23)18(24)10-16(15)20(26)28-12(4)8-2/h11-18,22-24H,7-10H2,1-6H3. The first-order chi connectivity index (χ1) is 13.0. The van der Waals surface area contributed by atoms with E-state index in [2.05, 4.69) is 0 Å². The summed E-state index contributed by atoms with van der Waals surface area (Å²) < 4.78 is 10.9. The average Bonchev–Trinajstić information content (AvgIpc) is 2.61. The van der Waals surface area contributed by atoms with Crippen molar-refractivity contribution in [3.63, 3.8) is 0 Å². The Morgan fingerprint density at radius 2 is 1.29 bits per heavy atom. The maximum Gasteiger partial charge on any atom is 0.310 e. The van der Waals surface area contributed by atoms with Crippen LogP contribution in [0.15, 0.2) is 0 Å². The Kier molecular flexibility index (Phi) is 9.83. The number of aliphatic hydroxyl groups is 3. The van der Waals surface area contributed by atoms with Crippen molar-refractivity contribution in [3.05, 3.63) is 0 Å². The van der Waals surface area contributed by atoms with Gasteiger partial charge < -0.3 is 24.8 Å². The molecule has 0 spiro atoms. The molecular weight excluding hydrogens is 366 g/mol. The fourth-order valence-electron chi connectivity index (χ4n) is 3.61. The van der Waals surface area contributed by atoms with E-state index in [1.807, 2.05) is 13.8 Å². The molecule has 0 amide bonds. The molecule has 0 aromatic heterocycles. The number of hydrogen-bond donors (Lipinski definition) is 3. The Balaban J connectivity index is 3.13. The summed E-state index contributed by atoms with van der Waals surface area (Å²) in [4.78, 5) is 26.8. The molecule has 28 heavy (non-hydrogen) atoms. The van der Waals surface area contributed by atoms with Crippen LogP contribution in [0.1, 0.15) is 67.2 Å². The number of carbonyl (C=O) groups excluding carboxylic acids is 2. The van der Waals surface area contributed by atoms with E-state index in [1.54, 1.807) is 13.8 Å². The smallest absolute Gasteiger partial charge is 0.310 e. The second kappa shape index (κ2) is 11.1. The van der Waals surface area contributed by atoms with E-state index in [0.29, 0.717) is 12.8 Å². The Hall–Kier alpha value is -1.22. The molecule has 0 heterocycles. The van der Waals surface area contributed by atoms with E-state index >= 15 is 0 Å². The zero-order chi connectivity index (χ0) is 21.6. The maximum absolute atomic E-state index is 12.8. The monoisotopic (exact) mass is 403 g/mol. The SMILES string of the molecule is CCC(C)OC(=O)C1CC(O)C(N(C(C)O)C(C)O)CC1C(=O)OC(C)CC. The van der Waals surface area contributed by atoms with Crippen molar-refractivity contribution in [2.24, 2.45) is 11.8 Å². The van der Waals surface area contributed by atoms with E-state index in [4.69, 9.17) is 9.47 Å². The third kappa shape index (κ3) is 6.40. The first-order valence-electron chi connectivity index (χ1n) is 10.3. The van der Waals surface area contributed by atoms with E-state index in [1.165, 1.54) is 18.7 Å². The van der Waals surface area contributed by atoms with Crippen LogP contribution in [0, 0.1) is 11.8 Å². The fraction of sp³-hybridized carbons (Fsp3) is 0.900. The number of hydrogen-bond acceptors (Lipinski definition) is 8. The quantitative estimate of drug-likeness (QED) is 0.391. The topological polar surface area (TPSA) is 117 Å². The summed E-state index contributed by atoms with van der Waals surface area (Å²) in [5.41, 5.74) is 0. The van der Waals surface area contributed by atoms with Gasteiger partial charge in [0.2, 0.25) is 0 Å². The largest absolute Gasteiger partial charge is 0.462 e. The number of nitrogens with zero attached hydrogens (tertiary/aromatic N) is 1. The zero-order valence-corrected chi connectivity index (χ0v) is 17.9. The van der Waals surface area contributed by atoms with Crippen LogP contribution < -0.4 is 0 Å². The lowest BCUT2D eigenvalue weighted by molar-refractivity contribution is -0.182. The number of ether oxygens (including phenoxy) is 2. The summed E-state index contributed by atoms with van der Waals surface area (Å²) >= 11 is 0. The molecule has 1 fully saturated rings. The molecule has 8 unspecified atom stereocenters. The first-order valence-corrected chi connectivity index (χ1v) is 10.3. The van der Waals surface area contributed by atoms with Crippen molar-refractivity contribution in [1.82, 2.24) is 4.90 Å². The molecule has 8 heteroatoms. The Morgan fingerprint density at radius 1 is 0.893 bits per heavy atom. The van der Waals surface area contributed by atoms with Gasteiger partial charge in [-0.3, -0.25) is 9.59 Å². The highest BCUT2D eigenvalue weighted by Gasteiger charge is 2.48. The molecule has 164 valence electrons. The van der Waals surface area contributed by atoms with E-state index < -0.39 is 48.4 Å². The number of carbonyl (C=O) groups is 2. The molecule has 0 bridgehead atoms. The summed E-state index contributed by atoms with van der Waals surface area (Å²) in [6.07, 6.45) is -2.31. The molecule has 1 rings (SSSR count). The summed E-state index contributed by atoms with van der Waals surface area (Å²) in [6.45, 7) is 10.3. The van der Waals surface area contributed by atoms with Crippen LogP contribution in [0.5, 0.6) is 0 Å². The minimum atomic E-state index is -1.03. The fourth-order valence-corrected chi connectivity index (χ4v) is 3.61. The molecule has 1 saturated carbocycles. The molecule has 8 atom stereocenters. The third-order valence-corrected chi connectivity index (χ3v) is 5.56. The molecule has 0 saturated heterocycles. The lowest BCUT2D eigenvalue weighted by Crippen LogP contribution is -2.58. The lowest BCUT2D eigenvalue weighted by atomic mass is 9.74. The molecule has 3 N–H and O–H groups in total. The second-order valence-corrected chi connectivity index (χ2v) is 7.84. The van der Waals surface area contributed by atoms with E-state index in [-0.39, 0.29) is 25.0 Å². The van der Waals surface area contributed by atoms with Crippen molar-refractivity contribution in [2.45, 2.75) is 104 Å². The zero-order valence-electron chi connectivity index (χ0n) is 17.9. The molecule has 0 aromatic rings. The van der Waals surface area contributed by atoms with Gasteiger partial charge in [-0.25, -0.2) is 4.90 Å². The molecule has 1 aliphatic rings. The van der Waals surface area contributed by atoms with Crippen LogP contribution in [0.2, 0.25) is 0 Å². The van der Waals surface area contributed by atoms with Gasteiger partial charge >= 0.3 is 11.9 Å². The van der Waals surface area contributed by atoms with Crippen LogP contribution in [-0.4, -0.2) is 69.0 Å². The predicted octanol–water partition coefficient (Wildman–Crippen LogP) is 1.40. The van der Waals surface area contributed by atoms with Crippen LogP contribution >= 0.6 is 0 Å². The van der Waals surface area contributed by atoms with Gasteiger partial charge in [-0.1, -0.05) is 13.8 Å². The highest BCUT2D eigenvalue weighted by molar-refractivity contribution is 5.82. The van der Waals surface area contributed by atoms with Crippen molar-refractivity contribution in [1.29, 1.82) is 0 Å². The minimum absolute atomic E-state index is 0.00382. The first kappa shape index (κ1) is 24.8. The molecule has 0 aliphatic heterocycles. The Morgan fingerprint density at radius 3 is 1.64 bits per heavy atom. The van der Waals surface area contributed by atoms with E-state index in [0.717, 1.165) is 0 Å². The molecule has 0 aromatic carbocycles. The number of aliphatic hydroxyl groups excluding tert-OH is 3. The van der Waals surface area contributed by atoms with Crippen LogP contribution in [-0.2, 0) is 19.1 Å². The van der Waals surface area contributed by atoms with Gasteiger partial charge in [0.1, 0.15) is 12.5 Å². The Bertz CT molecular complexity index is 503. The van der Waals surface area contributed by atoms with Gasteiger partial charge in [0, 0.05) is 6.04 Å². The van der Waals surface area contributed by atoms with Gasteiger partial charge in [0.05, 0.1) is 30.1 Å². The van der Waals surface area contributed by atoms with Crippen LogP contribution in [0.25, 0.3) is 0 Å². The molecule has 0 radical (unpaired) electrons. The highest BCUT2D eigenvalue weighted by Crippen LogP contribution is 2.36.